The summed E-state index contributed by atoms with van der Waals surface area (Å²) in [6.45, 7) is 0. The Hall–Kier alpha value is -2.24. The number of hydrogen-bond donors (Lipinski definition) is 0. The molecule has 0 atom stereocenters. The molecule has 1 nitrogen and oxygen atoms in total. The molecule has 0 saturated carbocycles. The van der Waals surface area contributed by atoms with E-state index in [0.717, 1.165) is 36.4 Å². The summed E-state index contributed by atoms with van der Waals surface area (Å²) >= 11 is 0. The van der Waals surface area contributed by atoms with Crippen molar-refractivity contribution in [3.8, 4) is 11.1 Å². The van der Waals surface area contributed by atoms with Gasteiger partial charge in [-0.2, -0.15) is 13.2 Å². The molecule has 0 spiro atoms. The summed E-state index contributed by atoms with van der Waals surface area (Å²) in [7, 11) is 0. The van der Waals surface area contributed by atoms with Gasteiger partial charge in [-0.25, -0.2) is 8.78 Å². The van der Waals surface area contributed by atoms with Gasteiger partial charge in [0.15, 0.2) is 17.9 Å². The van der Waals surface area contributed by atoms with Crippen LogP contribution >= 0.6 is 0 Å². The molecular formula is C14H7F5O. The monoisotopic (exact) mass is 286 g/mol. The fourth-order valence-electron chi connectivity index (χ4n) is 1.78. The van der Waals surface area contributed by atoms with E-state index in [1.54, 1.807) is 0 Å². The van der Waals surface area contributed by atoms with E-state index in [4.69, 9.17) is 0 Å². The van der Waals surface area contributed by atoms with Crippen LogP contribution in [0.3, 0.4) is 0 Å². The van der Waals surface area contributed by atoms with E-state index in [1.807, 2.05) is 0 Å². The molecule has 0 amide bonds. The third-order valence-electron chi connectivity index (χ3n) is 2.75. The first-order valence-corrected chi connectivity index (χ1v) is 5.45. The molecule has 0 N–H and O–H groups in total. The summed E-state index contributed by atoms with van der Waals surface area (Å²) in [5, 5.41) is 0. The van der Waals surface area contributed by atoms with Crippen molar-refractivity contribution in [1.29, 1.82) is 0 Å². The normalized spacial score (nSPS) is 11.4. The largest absolute Gasteiger partial charge is 0.416 e. The second kappa shape index (κ2) is 5.03. The molecule has 0 radical (unpaired) electrons. The van der Waals surface area contributed by atoms with Gasteiger partial charge in [-0.3, -0.25) is 4.79 Å². The van der Waals surface area contributed by atoms with Gasteiger partial charge < -0.3 is 0 Å². The number of hydrogen-bond acceptors (Lipinski definition) is 1. The minimum absolute atomic E-state index is 0.00269. The fraction of sp³-hybridized carbons (Fsp3) is 0.0714. The van der Waals surface area contributed by atoms with Gasteiger partial charge in [0.1, 0.15) is 0 Å². The van der Waals surface area contributed by atoms with Crippen molar-refractivity contribution in [2.75, 3.05) is 0 Å². The summed E-state index contributed by atoms with van der Waals surface area (Å²) in [5.74, 6) is -2.44. The second-order valence-corrected chi connectivity index (χ2v) is 4.02. The maximum absolute atomic E-state index is 13.7. The summed E-state index contributed by atoms with van der Waals surface area (Å²) in [6.07, 6.45) is -4.21. The highest BCUT2D eigenvalue weighted by atomic mass is 19.4. The first kappa shape index (κ1) is 14.2. The predicted molar refractivity (Wildman–Crippen MR) is 62.2 cm³/mol. The predicted octanol–water partition coefficient (Wildman–Crippen LogP) is 4.46. The Kier molecular flexibility index (Phi) is 3.57. The van der Waals surface area contributed by atoms with Crippen LogP contribution in [-0.4, -0.2) is 6.29 Å². The minimum atomic E-state index is -4.52. The summed E-state index contributed by atoms with van der Waals surface area (Å²) in [4.78, 5) is 10.8. The Balaban J connectivity index is 2.57. The van der Waals surface area contributed by atoms with E-state index < -0.39 is 23.4 Å². The van der Waals surface area contributed by atoms with Gasteiger partial charge in [0.2, 0.25) is 0 Å². The van der Waals surface area contributed by atoms with E-state index in [-0.39, 0.29) is 16.7 Å². The highest BCUT2D eigenvalue weighted by Crippen LogP contribution is 2.33. The summed E-state index contributed by atoms with van der Waals surface area (Å²) in [6, 6.07) is 5.33. The number of carbonyl (C=O) groups excluding carboxylic acids is 1. The molecular weight excluding hydrogens is 279 g/mol. The minimum Gasteiger partial charge on any atom is -0.298 e. The van der Waals surface area contributed by atoms with E-state index >= 15 is 0 Å². The molecule has 0 aliphatic heterocycles. The average molecular weight is 286 g/mol. The van der Waals surface area contributed by atoms with Crippen molar-refractivity contribution in [2.45, 2.75) is 6.18 Å². The maximum Gasteiger partial charge on any atom is 0.416 e. The highest BCUT2D eigenvalue weighted by Gasteiger charge is 2.30. The summed E-state index contributed by atoms with van der Waals surface area (Å²) < 4.78 is 64.2. The number of rotatable bonds is 2. The molecule has 0 unspecified atom stereocenters. The molecule has 104 valence electrons. The number of alkyl halides is 3. The quantitative estimate of drug-likeness (QED) is 0.588. The molecule has 6 heteroatoms. The topological polar surface area (TPSA) is 17.1 Å². The van der Waals surface area contributed by atoms with Crippen molar-refractivity contribution in [3.05, 3.63) is 59.2 Å². The SMILES string of the molecule is O=Cc1ccc(F)c(F)c1-c1ccc(C(F)(F)F)cc1. The van der Waals surface area contributed by atoms with Crippen molar-refractivity contribution in [1.82, 2.24) is 0 Å². The molecule has 0 bridgehead atoms. The van der Waals surface area contributed by atoms with Crippen LogP contribution in [-0.2, 0) is 6.18 Å². The van der Waals surface area contributed by atoms with Gasteiger partial charge in [0, 0.05) is 11.1 Å². The number of carbonyl (C=O) groups is 1. The van der Waals surface area contributed by atoms with Crippen LogP contribution in [0, 0.1) is 11.6 Å². The first-order valence-electron chi connectivity index (χ1n) is 5.45. The molecule has 0 fully saturated rings. The second-order valence-electron chi connectivity index (χ2n) is 4.02. The van der Waals surface area contributed by atoms with Crippen LogP contribution in [0.2, 0.25) is 0 Å². The molecule has 0 heterocycles. The Morgan fingerprint density at radius 3 is 2.00 bits per heavy atom. The van der Waals surface area contributed by atoms with Crippen LogP contribution in [0.5, 0.6) is 0 Å². The Labute approximate surface area is 110 Å². The van der Waals surface area contributed by atoms with Crippen LogP contribution in [0.4, 0.5) is 22.0 Å². The van der Waals surface area contributed by atoms with Crippen molar-refractivity contribution < 1.29 is 26.7 Å². The van der Waals surface area contributed by atoms with Gasteiger partial charge in [0.05, 0.1) is 5.56 Å². The third-order valence-corrected chi connectivity index (χ3v) is 2.75. The lowest BCUT2D eigenvalue weighted by Gasteiger charge is -2.10. The zero-order valence-electron chi connectivity index (χ0n) is 9.84. The molecule has 0 aliphatic rings. The molecule has 2 aromatic carbocycles. The molecule has 20 heavy (non-hydrogen) atoms. The maximum atomic E-state index is 13.7. The Morgan fingerprint density at radius 1 is 0.900 bits per heavy atom. The number of benzene rings is 2. The molecule has 0 aliphatic carbocycles. The van der Waals surface area contributed by atoms with Crippen LogP contribution < -0.4 is 0 Å². The van der Waals surface area contributed by atoms with Crippen LogP contribution in [0.25, 0.3) is 11.1 Å². The van der Waals surface area contributed by atoms with Crippen LogP contribution in [0.15, 0.2) is 36.4 Å². The lowest BCUT2D eigenvalue weighted by atomic mass is 9.98. The van der Waals surface area contributed by atoms with Gasteiger partial charge in [-0.15, -0.1) is 0 Å². The van der Waals surface area contributed by atoms with Gasteiger partial charge in [-0.1, -0.05) is 12.1 Å². The zero-order chi connectivity index (χ0) is 14.9. The van der Waals surface area contributed by atoms with E-state index in [2.05, 4.69) is 0 Å². The van der Waals surface area contributed by atoms with E-state index in [0.29, 0.717) is 6.29 Å². The van der Waals surface area contributed by atoms with Crippen molar-refractivity contribution >= 4 is 6.29 Å². The van der Waals surface area contributed by atoms with Gasteiger partial charge in [-0.05, 0) is 29.8 Å². The molecule has 0 saturated heterocycles. The van der Waals surface area contributed by atoms with Crippen molar-refractivity contribution in [3.63, 3.8) is 0 Å². The smallest absolute Gasteiger partial charge is 0.298 e. The van der Waals surface area contributed by atoms with Gasteiger partial charge in [0.25, 0.3) is 0 Å². The first-order chi connectivity index (χ1) is 9.34. The zero-order valence-corrected chi connectivity index (χ0v) is 9.84. The molecule has 2 aromatic rings. The fourth-order valence-corrected chi connectivity index (χ4v) is 1.78. The Bertz CT molecular complexity index is 644. The molecule has 0 aromatic heterocycles. The lowest BCUT2D eigenvalue weighted by Crippen LogP contribution is -2.04. The number of halogens is 5. The van der Waals surface area contributed by atoms with E-state index in [1.165, 1.54) is 0 Å². The van der Waals surface area contributed by atoms with Crippen molar-refractivity contribution in [2.24, 2.45) is 0 Å². The average Bonchev–Trinajstić information content (AvgIpc) is 2.41. The third kappa shape index (κ3) is 2.54. The van der Waals surface area contributed by atoms with Crippen LogP contribution in [0.1, 0.15) is 15.9 Å². The lowest BCUT2D eigenvalue weighted by molar-refractivity contribution is -0.137. The standard InChI is InChI=1S/C14H7F5O/c15-11-6-3-9(7-20)12(13(11)16)8-1-4-10(5-2-8)14(17,18)19/h1-7H. The highest BCUT2D eigenvalue weighted by molar-refractivity contribution is 5.87. The molecule has 2 rings (SSSR count). The number of aldehydes is 1. The van der Waals surface area contributed by atoms with Gasteiger partial charge >= 0.3 is 6.18 Å². The van der Waals surface area contributed by atoms with E-state index in [9.17, 15) is 26.7 Å². The summed E-state index contributed by atoms with van der Waals surface area (Å²) in [5.41, 5.74) is -1.40. The Morgan fingerprint density at radius 2 is 1.50 bits per heavy atom.